The minimum atomic E-state index is -0.381. The molecule has 0 bridgehead atoms. The molecule has 0 aliphatic heterocycles. The minimum absolute atomic E-state index is 0.0944. The van der Waals surface area contributed by atoms with Crippen LogP contribution in [0.1, 0.15) is 11.3 Å². The second-order valence-electron chi connectivity index (χ2n) is 4.16. The van der Waals surface area contributed by atoms with Gasteiger partial charge in [-0.3, -0.25) is 10.1 Å². The first-order chi connectivity index (χ1) is 9.69. The quantitative estimate of drug-likeness (QED) is 0.619. The predicted octanol–water partition coefficient (Wildman–Crippen LogP) is 2.95. The molecular weight excluding hydrogens is 256 g/mol. The molecule has 0 aliphatic carbocycles. The number of methoxy groups -OCH3 is 1. The van der Waals surface area contributed by atoms with Gasteiger partial charge in [-0.1, -0.05) is 36.4 Å². The zero-order valence-electron chi connectivity index (χ0n) is 11.0. The number of allylic oxidation sites excluding steroid dienone is 1. The molecular formula is C15H14N2O3. The van der Waals surface area contributed by atoms with Crippen LogP contribution < -0.4 is 4.74 Å². The largest absolute Gasteiger partial charge is 0.481 e. The fraction of sp³-hybridized carbons (Fsp3) is 0.133. The first-order valence-electron chi connectivity index (χ1n) is 6.09. The van der Waals surface area contributed by atoms with Crippen LogP contribution in [0.2, 0.25) is 0 Å². The molecule has 0 atom stereocenters. The van der Waals surface area contributed by atoms with E-state index in [1.165, 1.54) is 13.2 Å². The zero-order valence-corrected chi connectivity index (χ0v) is 11.0. The Morgan fingerprint density at radius 1 is 1.25 bits per heavy atom. The van der Waals surface area contributed by atoms with E-state index < -0.39 is 0 Å². The molecule has 0 saturated carbocycles. The van der Waals surface area contributed by atoms with Crippen molar-refractivity contribution in [3.8, 4) is 5.88 Å². The Morgan fingerprint density at radius 2 is 2.00 bits per heavy atom. The maximum absolute atomic E-state index is 11.1. The first kappa shape index (κ1) is 13.7. The summed E-state index contributed by atoms with van der Waals surface area (Å²) in [4.78, 5) is 14.9. The van der Waals surface area contributed by atoms with E-state index in [0.29, 0.717) is 11.6 Å². The molecule has 5 nitrogen and oxygen atoms in total. The Kier molecular flexibility index (Phi) is 4.44. The van der Waals surface area contributed by atoms with Crippen molar-refractivity contribution < 1.29 is 9.66 Å². The molecule has 2 aromatic rings. The summed E-state index contributed by atoms with van der Waals surface area (Å²) < 4.78 is 5.00. The van der Waals surface area contributed by atoms with Gasteiger partial charge in [0.05, 0.1) is 24.1 Å². The molecule has 0 saturated heterocycles. The molecule has 0 amide bonds. The molecule has 1 aromatic carbocycles. The highest BCUT2D eigenvalue weighted by molar-refractivity contribution is 5.48. The van der Waals surface area contributed by atoms with Crippen molar-refractivity contribution in [1.82, 2.24) is 4.98 Å². The molecule has 0 N–H and O–H groups in total. The summed E-state index contributed by atoms with van der Waals surface area (Å²) in [6, 6.07) is 14.5. The van der Waals surface area contributed by atoms with E-state index in [1.54, 1.807) is 18.2 Å². The summed E-state index contributed by atoms with van der Waals surface area (Å²) in [5.41, 5.74) is 1.49. The number of hydrogen-bond acceptors (Lipinski definition) is 4. The fourth-order valence-electron chi connectivity index (χ4n) is 1.77. The van der Waals surface area contributed by atoms with Crippen LogP contribution in [0.3, 0.4) is 0 Å². The van der Waals surface area contributed by atoms with Crippen molar-refractivity contribution in [1.29, 1.82) is 0 Å². The van der Waals surface area contributed by atoms with Crippen molar-refractivity contribution in [3.63, 3.8) is 0 Å². The summed E-state index contributed by atoms with van der Waals surface area (Å²) in [6.45, 7) is 0. The smallest absolute Gasteiger partial charge is 0.252 e. The van der Waals surface area contributed by atoms with Gasteiger partial charge in [-0.2, -0.15) is 0 Å². The van der Waals surface area contributed by atoms with Crippen LogP contribution >= 0.6 is 0 Å². The fourth-order valence-corrected chi connectivity index (χ4v) is 1.77. The van der Waals surface area contributed by atoms with Crippen LogP contribution in [-0.2, 0) is 6.42 Å². The molecule has 102 valence electrons. The molecule has 2 rings (SSSR count). The molecule has 5 heteroatoms. The average molecular weight is 270 g/mol. The molecule has 0 unspecified atom stereocenters. The van der Waals surface area contributed by atoms with Crippen molar-refractivity contribution in [2.45, 2.75) is 6.42 Å². The Balaban J connectivity index is 2.28. The van der Waals surface area contributed by atoms with E-state index in [-0.39, 0.29) is 17.0 Å². The van der Waals surface area contributed by atoms with Gasteiger partial charge in [0.25, 0.3) is 5.70 Å². The van der Waals surface area contributed by atoms with E-state index in [2.05, 4.69) is 4.98 Å². The van der Waals surface area contributed by atoms with Gasteiger partial charge in [-0.25, -0.2) is 4.98 Å². The number of nitro groups is 1. The predicted molar refractivity (Wildman–Crippen MR) is 75.9 cm³/mol. The number of aromatic nitrogens is 1. The summed E-state index contributed by atoms with van der Waals surface area (Å²) >= 11 is 0. The number of pyridine rings is 1. The maximum atomic E-state index is 11.1. The van der Waals surface area contributed by atoms with E-state index in [0.717, 1.165) is 5.56 Å². The van der Waals surface area contributed by atoms with Gasteiger partial charge in [0.2, 0.25) is 5.88 Å². The van der Waals surface area contributed by atoms with Crippen LogP contribution in [0.15, 0.2) is 54.2 Å². The number of hydrogen-bond donors (Lipinski definition) is 0. The summed E-state index contributed by atoms with van der Waals surface area (Å²) in [7, 11) is 1.51. The Labute approximate surface area is 116 Å². The number of nitrogens with zero attached hydrogens (tertiary/aromatic N) is 2. The lowest BCUT2D eigenvalue weighted by Gasteiger charge is -2.01. The highest BCUT2D eigenvalue weighted by Gasteiger charge is 2.12. The van der Waals surface area contributed by atoms with E-state index in [9.17, 15) is 10.1 Å². The zero-order chi connectivity index (χ0) is 14.4. The Morgan fingerprint density at radius 3 is 2.65 bits per heavy atom. The maximum Gasteiger partial charge on any atom is 0.252 e. The Hall–Kier alpha value is -2.69. The van der Waals surface area contributed by atoms with Gasteiger partial charge in [-0.15, -0.1) is 0 Å². The molecule has 0 radical (unpaired) electrons. The third-order valence-electron chi connectivity index (χ3n) is 2.73. The van der Waals surface area contributed by atoms with Gasteiger partial charge in [0, 0.05) is 12.1 Å². The summed E-state index contributed by atoms with van der Waals surface area (Å²) in [5, 5.41) is 11.1. The van der Waals surface area contributed by atoms with Gasteiger partial charge >= 0.3 is 0 Å². The lowest BCUT2D eigenvalue weighted by Crippen LogP contribution is -2.03. The van der Waals surface area contributed by atoms with Gasteiger partial charge < -0.3 is 4.74 Å². The summed E-state index contributed by atoms with van der Waals surface area (Å²) in [6.07, 6.45) is 1.72. The van der Waals surface area contributed by atoms with Crippen molar-refractivity contribution in [3.05, 3.63) is 75.6 Å². The number of ether oxygens (including phenoxy) is 1. The van der Waals surface area contributed by atoms with Crippen LogP contribution in [0.25, 0.3) is 6.08 Å². The highest BCUT2D eigenvalue weighted by atomic mass is 16.6. The van der Waals surface area contributed by atoms with E-state index in [1.807, 2.05) is 30.3 Å². The number of benzene rings is 1. The second-order valence-corrected chi connectivity index (χ2v) is 4.16. The molecule has 1 heterocycles. The lowest BCUT2D eigenvalue weighted by molar-refractivity contribution is -0.425. The topological polar surface area (TPSA) is 65.3 Å². The lowest BCUT2D eigenvalue weighted by atomic mass is 10.1. The van der Waals surface area contributed by atoms with Crippen LogP contribution in [-0.4, -0.2) is 17.0 Å². The third-order valence-corrected chi connectivity index (χ3v) is 2.73. The molecule has 0 fully saturated rings. The molecule has 0 aliphatic rings. The minimum Gasteiger partial charge on any atom is -0.481 e. The second kappa shape index (κ2) is 6.47. The molecule has 1 aromatic heterocycles. The average Bonchev–Trinajstić information content (AvgIpc) is 2.48. The van der Waals surface area contributed by atoms with Crippen LogP contribution in [0.5, 0.6) is 5.88 Å². The monoisotopic (exact) mass is 270 g/mol. The van der Waals surface area contributed by atoms with Crippen molar-refractivity contribution >= 4 is 6.08 Å². The molecule has 0 spiro atoms. The van der Waals surface area contributed by atoms with Crippen LogP contribution in [0.4, 0.5) is 0 Å². The summed E-state index contributed by atoms with van der Waals surface area (Å²) in [5.74, 6) is 0.432. The standard InChI is InChI=1S/C15H14N2O3/c1-20-15-9-5-8-13(16-15)11-14(17(18)19)10-12-6-3-2-4-7-12/h2-9,11H,10H2,1H3/b14-11-. The van der Waals surface area contributed by atoms with Gasteiger partial charge in [0.15, 0.2) is 0 Å². The molecule has 20 heavy (non-hydrogen) atoms. The third kappa shape index (κ3) is 3.65. The SMILES string of the molecule is COc1cccc(/C=C(/Cc2ccccc2)[N+](=O)[O-])n1. The van der Waals surface area contributed by atoms with Crippen molar-refractivity contribution in [2.24, 2.45) is 0 Å². The van der Waals surface area contributed by atoms with E-state index >= 15 is 0 Å². The first-order valence-corrected chi connectivity index (χ1v) is 6.09. The Bertz CT molecular complexity index is 624. The normalized spacial score (nSPS) is 11.2. The van der Waals surface area contributed by atoms with Crippen LogP contribution in [0, 0.1) is 10.1 Å². The van der Waals surface area contributed by atoms with Gasteiger partial charge in [-0.05, 0) is 11.6 Å². The van der Waals surface area contributed by atoms with Crippen molar-refractivity contribution in [2.75, 3.05) is 7.11 Å². The van der Waals surface area contributed by atoms with Gasteiger partial charge in [0.1, 0.15) is 0 Å². The highest BCUT2D eigenvalue weighted by Crippen LogP contribution is 2.14. The number of rotatable bonds is 5. The van der Waals surface area contributed by atoms with E-state index in [4.69, 9.17) is 4.74 Å².